The summed E-state index contributed by atoms with van der Waals surface area (Å²) in [7, 11) is 2.12. The average molecular weight is 514 g/mol. The van der Waals surface area contributed by atoms with Gasteiger partial charge in [0.05, 0.1) is 6.10 Å². The lowest BCUT2D eigenvalue weighted by atomic mass is 9.62. The van der Waals surface area contributed by atoms with Gasteiger partial charge in [-0.05, 0) is 76.6 Å². The SMILES string of the molecule is Cc1ccc(CN(C)c2cc(C(O)/C=C/c3ccc(C(=O)O)c(O)c3)cc3c2C(C)(C)CCC3(C)C)cc1. The number of carboxylic acids is 1. The zero-order chi connectivity index (χ0) is 27.8. The molecular weight excluding hydrogens is 474 g/mol. The normalized spacial score (nSPS) is 16.7. The molecule has 0 radical (unpaired) electrons. The van der Waals surface area contributed by atoms with E-state index in [1.54, 1.807) is 18.2 Å². The molecule has 0 spiro atoms. The minimum Gasteiger partial charge on any atom is -0.507 e. The molecule has 5 nitrogen and oxygen atoms in total. The highest BCUT2D eigenvalue weighted by atomic mass is 16.4. The predicted molar refractivity (Wildman–Crippen MR) is 154 cm³/mol. The first-order valence-corrected chi connectivity index (χ1v) is 13.2. The second-order valence-corrected chi connectivity index (χ2v) is 12.0. The van der Waals surface area contributed by atoms with Gasteiger partial charge >= 0.3 is 5.97 Å². The van der Waals surface area contributed by atoms with E-state index in [1.807, 2.05) is 0 Å². The van der Waals surface area contributed by atoms with E-state index >= 15 is 0 Å². The van der Waals surface area contributed by atoms with Crippen LogP contribution in [0.15, 0.2) is 60.7 Å². The number of nitrogens with zero attached hydrogens (tertiary/aromatic N) is 1. The molecule has 200 valence electrons. The maximum Gasteiger partial charge on any atom is 0.339 e. The maximum absolute atomic E-state index is 11.3. The Morgan fingerprint density at radius 2 is 1.66 bits per heavy atom. The second kappa shape index (κ2) is 10.3. The molecule has 0 aromatic heterocycles. The zero-order valence-corrected chi connectivity index (χ0v) is 23.2. The summed E-state index contributed by atoms with van der Waals surface area (Å²) in [6.45, 7) is 12.0. The van der Waals surface area contributed by atoms with Gasteiger partial charge < -0.3 is 20.2 Å². The number of hydrogen-bond donors (Lipinski definition) is 3. The monoisotopic (exact) mass is 513 g/mol. The average Bonchev–Trinajstić information content (AvgIpc) is 2.86. The third kappa shape index (κ3) is 5.63. The van der Waals surface area contributed by atoms with Crippen LogP contribution in [0.2, 0.25) is 0 Å². The number of carboxylic acid groups (broad SMARTS) is 1. The molecule has 1 aliphatic carbocycles. The van der Waals surface area contributed by atoms with Crippen molar-refractivity contribution in [3.63, 3.8) is 0 Å². The van der Waals surface area contributed by atoms with Crippen LogP contribution in [-0.2, 0) is 17.4 Å². The molecule has 0 saturated heterocycles. The number of hydrogen-bond acceptors (Lipinski definition) is 4. The fourth-order valence-corrected chi connectivity index (χ4v) is 5.45. The van der Waals surface area contributed by atoms with Gasteiger partial charge in [-0.2, -0.15) is 0 Å². The molecule has 0 amide bonds. The van der Waals surface area contributed by atoms with Gasteiger partial charge in [-0.25, -0.2) is 4.79 Å². The molecule has 3 N–H and O–H groups in total. The Labute approximate surface area is 226 Å². The van der Waals surface area contributed by atoms with Gasteiger partial charge in [-0.1, -0.05) is 81.8 Å². The fourth-order valence-electron chi connectivity index (χ4n) is 5.45. The minimum atomic E-state index is -1.18. The molecule has 4 rings (SSSR count). The largest absolute Gasteiger partial charge is 0.507 e. The van der Waals surface area contributed by atoms with Crippen molar-refractivity contribution in [2.45, 2.75) is 70.9 Å². The Morgan fingerprint density at radius 3 is 2.29 bits per heavy atom. The van der Waals surface area contributed by atoms with Crippen LogP contribution in [0.5, 0.6) is 5.75 Å². The number of aliphatic hydroxyl groups is 1. The molecule has 3 aromatic carbocycles. The molecule has 5 heteroatoms. The van der Waals surface area contributed by atoms with Crippen LogP contribution in [0, 0.1) is 6.92 Å². The van der Waals surface area contributed by atoms with E-state index in [-0.39, 0.29) is 22.1 Å². The molecular formula is C33H39NO4. The lowest BCUT2D eigenvalue weighted by Crippen LogP contribution is -2.36. The van der Waals surface area contributed by atoms with Crippen molar-refractivity contribution in [3.05, 3.63) is 99.6 Å². The number of benzene rings is 3. The Hall–Kier alpha value is -3.57. The van der Waals surface area contributed by atoms with Crippen LogP contribution in [-0.4, -0.2) is 28.3 Å². The van der Waals surface area contributed by atoms with Gasteiger partial charge in [-0.15, -0.1) is 0 Å². The number of anilines is 1. The molecule has 1 unspecified atom stereocenters. The van der Waals surface area contributed by atoms with Gasteiger partial charge in [0.1, 0.15) is 11.3 Å². The number of aromatic hydroxyl groups is 1. The molecule has 38 heavy (non-hydrogen) atoms. The number of fused-ring (bicyclic) bond motifs is 1. The van der Waals surface area contributed by atoms with E-state index < -0.39 is 12.1 Å². The summed E-state index contributed by atoms with van der Waals surface area (Å²) in [6.07, 6.45) is 4.69. The van der Waals surface area contributed by atoms with Gasteiger partial charge in [0.25, 0.3) is 0 Å². The van der Waals surface area contributed by atoms with E-state index in [4.69, 9.17) is 5.11 Å². The lowest BCUT2D eigenvalue weighted by Gasteiger charge is -2.44. The van der Waals surface area contributed by atoms with E-state index in [9.17, 15) is 15.0 Å². The van der Waals surface area contributed by atoms with E-state index in [0.29, 0.717) is 5.56 Å². The Bertz CT molecular complexity index is 1370. The van der Waals surface area contributed by atoms with Crippen molar-refractivity contribution >= 4 is 17.7 Å². The molecule has 3 aromatic rings. The number of aliphatic hydroxyl groups excluding tert-OH is 1. The standard InChI is InChI=1S/C33H39NO4/c1-21-7-9-23(10-8-21)20-34(6)27-19-24(18-26-30(27)33(4,5)16-15-32(26,2)3)28(35)14-12-22-11-13-25(31(37)38)29(36)17-22/h7-14,17-19,28,35-36H,15-16,20H2,1-6H3,(H,37,38)/b14-12+. The summed E-state index contributed by atoms with van der Waals surface area (Å²) < 4.78 is 0. The van der Waals surface area contributed by atoms with E-state index in [0.717, 1.165) is 30.6 Å². The highest BCUT2D eigenvalue weighted by Gasteiger charge is 2.40. The summed E-state index contributed by atoms with van der Waals surface area (Å²) >= 11 is 0. The summed E-state index contributed by atoms with van der Waals surface area (Å²) in [4.78, 5) is 13.5. The van der Waals surface area contributed by atoms with Crippen molar-refractivity contribution in [2.24, 2.45) is 0 Å². The number of aryl methyl sites for hydroxylation is 1. The minimum absolute atomic E-state index is 0.00442. The van der Waals surface area contributed by atoms with Crippen molar-refractivity contribution in [1.29, 1.82) is 0 Å². The number of phenols is 1. The van der Waals surface area contributed by atoms with Crippen LogP contribution >= 0.6 is 0 Å². The molecule has 0 aliphatic heterocycles. The molecule has 0 heterocycles. The molecule has 1 atom stereocenters. The van der Waals surface area contributed by atoms with Crippen molar-refractivity contribution in [3.8, 4) is 5.75 Å². The fraction of sp³-hybridized carbons (Fsp3) is 0.364. The number of carbonyl (C=O) groups is 1. The maximum atomic E-state index is 11.3. The summed E-state index contributed by atoms with van der Waals surface area (Å²) in [5.41, 5.74) is 7.47. The van der Waals surface area contributed by atoms with Gasteiger partial charge in [-0.3, -0.25) is 0 Å². The van der Waals surface area contributed by atoms with Crippen LogP contribution in [0.25, 0.3) is 6.08 Å². The van der Waals surface area contributed by atoms with E-state index in [2.05, 4.69) is 83.0 Å². The third-order valence-corrected chi connectivity index (χ3v) is 7.94. The van der Waals surface area contributed by atoms with Crippen LogP contribution in [0.3, 0.4) is 0 Å². The summed E-state index contributed by atoms with van der Waals surface area (Å²) in [5.74, 6) is -1.48. The molecule has 0 fully saturated rings. The van der Waals surface area contributed by atoms with Crippen LogP contribution in [0.4, 0.5) is 5.69 Å². The third-order valence-electron chi connectivity index (χ3n) is 7.94. The Balaban J connectivity index is 1.74. The van der Waals surface area contributed by atoms with Crippen molar-refractivity contribution in [1.82, 2.24) is 0 Å². The first-order chi connectivity index (χ1) is 17.8. The predicted octanol–water partition coefficient (Wildman–Crippen LogP) is 7.13. The van der Waals surface area contributed by atoms with Crippen molar-refractivity contribution in [2.75, 3.05) is 11.9 Å². The first-order valence-electron chi connectivity index (χ1n) is 13.2. The van der Waals surface area contributed by atoms with E-state index in [1.165, 1.54) is 34.4 Å². The van der Waals surface area contributed by atoms with Gasteiger partial charge in [0, 0.05) is 19.3 Å². The summed E-state index contributed by atoms with van der Waals surface area (Å²) in [5, 5.41) is 30.4. The highest BCUT2D eigenvalue weighted by molar-refractivity contribution is 5.91. The Kier molecular flexibility index (Phi) is 7.44. The first kappa shape index (κ1) is 27.5. The second-order valence-electron chi connectivity index (χ2n) is 12.0. The van der Waals surface area contributed by atoms with Gasteiger partial charge in [0.2, 0.25) is 0 Å². The topological polar surface area (TPSA) is 81.0 Å². The van der Waals surface area contributed by atoms with Crippen LogP contribution in [0.1, 0.15) is 90.4 Å². The molecule has 1 aliphatic rings. The smallest absolute Gasteiger partial charge is 0.339 e. The number of aromatic carboxylic acids is 1. The van der Waals surface area contributed by atoms with Gasteiger partial charge in [0.15, 0.2) is 0 Å². The number of rotatable bonds is 7. The molecule has 0 bridgehead atoms. The quantitative estimate of drug-likeness (QED) is 0.313. The Morgan fingerprint density at radius 1 is 1.00 bits per heavy atom. The van der Waals surface area contributed by atoms with Crippen LogP contribution < -0.4 is 4.90 Å². The highest BCUT2D eigenvalue weighted by Crippen LogP contribution is 2.50. The lowest BCUT2D eigenvalue weighted by molar-refractivity contribution is 0.0693. The van der Waals surface area contributed by atoms with Crippen molar-refractivity contribution < 1.29 is 20.1 Å². The zero-order valence-electron chi connectivity index (χ0n) is 23.2. The molecule has 0 saturated carbocycles. The summed E-state index contributed by atoms with van der Waals surface area (Å²) in [6, 6.07) is 17.2.